The molecule has 5 N–H and O–H groups in total. The molecule has 0 spiro atoms. The molecule has 7 heterocycles. The molecular formula is C97H139Br4N11O26. The average molecular weight is 2190 g/mol. The van der Waals surface area contributed by atoms with Gasteiger partial charge in [0, 0.05) is 197 Å². The SMILES string of the molecule is Br.Br.C1CCNCC1.CCOCCOc1cc(C(=O)N2CCCCC2)cc(C(=O)N2CCCCC2)c1.CCOCCOc1cc(C(=O)N2CCN(C(=O)CBr)CC2)cc(C(=O)N2CCN(C(=O)CBr)CC2)c1.CCOCCOc1cc(C(=O)N2CCNCC2)cc(C(=O)N2CCNCC2)c1.CCOCCOc1cc(C(=O)O)cc(C(=O)O)c1.CCOCCOc1cc(C(=O)OC)cc(C(=O)OC)c1. The molecule has 7 fully saturated rings. The zero-order valence-electron chi connectivity index (χ0n) is 80.4. The second-order valence-electron chi connectivity index (χ2n) is 31.8. The number of piperazine rings is 4. The number of carbonyl (C=O) groups excluding carboxylic acids is 10. The summed E-state index contributed by atoms with van der Waals surface area (Å²) in [5.74, 6) is -1.99. The number of ether oxygens (including phenoxy) is 12. The van der Waals surface area contributed by atoms with Gasteiger partial charge in [0.25, 0.3) is 35.4 Å². The Hall–Kier alpha value is -9.66. The van der Waals surface area contributed by atoms with Gasteiger partial charge in [-0.3, -0.25) is 38.4 Å². The Morgan fingerprint density at radius 2 is 0.464 bits per heavy atom. The number of esters is 2. The van der Waals surface area contributed by atoms with E-state index in [9.17, 15) is 57.5 Å². The van der Waals surface area contributed by atoms with Gasteiger partial charge < -0.3 is 122 Å². The summed E-state index contributed by atoms with van der Waals surface area (Å²) < 4.78 is 63.5. The summed E-state index contributed by atoms with van der Waals surface area (Å²) in [4.78, 5) is 161. The first-order chi connectivity index (χ1) is 65.9. The first-order valence-corrected chi connectivity index (χ1v) is 49.1. The number of hydrogen-bond donors (Lipinski definition) is 5. The van der Waals surface area contributed by atoms with Crippen LogP contribution in [0.2, 0.25) is 0 Å². The Balaban J connectivity index is 0.000000304. The Morgan fingerprint density at radius 1 is 0.261 bits per heavy atom. The van der Waals surface area contributed by atoms with E-state index >= 15 is 0 Å². The van der Waals surface area contributed by atoms with Crippen molar-refractivity contribution >= 4 is 137 Å². The molecule has 12 rings (SSSR count). The molecule has 0 bridgehead atoms. The minimum Gasteiger partial charge on any atom is -0.491 e. The van der Waals surface area contributed by atoms with E-state index in [0.717, 1.165) is 84.1 Å². The van der Waals surface area contributed by atoms with E-state index in [1.165, 1.54) is 89.7 Å². The summed E-state index contributed by atoms with van der Waals surface area (Å²) in [5, 5.41) is 28.0. The molecule has 0 unspecified atom stereocenters. The van der Waals surface area contributed by atoms with E-state index in [0.29, 0.717) is 227 Å². The summed E-state index contributed by atoms with van der Waals surface area (Å²) in [5.41, 5.74) is 2.99. The third-order valence-electron chi connectivity index (χ3n) is 22.2. The van der Waals surface area contributed by atoms with Crippen LogP contribution >= 0.6 is 65.8 Å². The van der Waals surface area contributed by atoms with Gasteiger partial charge in [0.1, 0.15) is 61.8 Å². The van der Waals surface area contributed by atoms with Crippen LogP contribution in [0.25, 0.3) is 0 Å². The Kier molecular flexibility index (Phi) is 58.2. The van der Waals surface area contributed by atoms with Crippen molar-refractivity contribution < 1.29 is 125 Å². The van der Waals surface area contributed by atoms with Crippen LogP contribution in [0.4, 0.5) is 0 Å². The molecule has 8 amide bonds. The summed E-state index contributed by atoms with van der Waals surface area (Å²) in [6, 6.07) is 23.4. The van der Waals surface area contributed by atoms with Crippen LogP contribution in [0.3, 0.4) is 0 Å². The van der Waals surface area contributed by atoms with E-state index in [1.807, 2.05) is 54.2 Å². The van der Waals surface area contributed by atoms with Crippen LogP contribution in [0.1, 0.15) is 196 Å². The van der Waals surface area contributed by atoms with Crippen LogP contribution in [-0.4, -0.2) is 389 Å². The molecule has 766 valence electrons. The van der Waals surface area contributed by atoms with Gasteiger partial charge >= 0.3 is 23.9 Å². The number of piperidine rings is 3. The molecule has 138 heavy (non-hydrogen) atoms. The molecule has 0 aliphatic carbocycles. The maximum absolute atomic E-state index is 13.3. The second kappa shape index (κ2) is 67.6. The van der Waals surface area contributed by atoms with E-state index < -0.39 is 23.9 Å². The average Bonchev–Trinajstić information content (AvgIpc) is 0.803. The van der Waals surface area contributed by atoms with Gasteiger partial charge in [-0.15, -0.1) is 34.0 Å². The van der Waals surface area contributed by atoms with Crippen molar-refractivity contribution in [2.24, 2.45) is 0 Å². The third-order valence-corrected chi connectivity index (χ3v) is 23.2. The number of amides is 8. The number of aromatic carboxylic acids is 2. The number of benzene rings is 5. The van der Waals surface area contributed by atoms with Gasteiger partial charge in [0.15, 0.2) is 0 Å². The van der Waals surface area contributed by atoms with Crippen molar-refractivity contribution in [2.75, 3.05) is 268 Å². The maximum Gasteiger partial charge on any atom is 0.338 e. The molecule has 0 radical (unpaired) electrons. The largest absolute Gasteiger partial charge is 0.491 e. The fourth-order valence-electron chi connectivity index (χ4n) is 15.0. The van der Waals surface area contributed by atoms with Gasteiger partial charge in [-0.2, -0.15) is 0 Å². The normalized spacial score (nSPS) is 15.1. The van der Waals surface area contributed by atoms with Crippen LogP contribution in [0, 0.1) is 0 Å². The van der Waals surface area contributed by atoms with Gasteiger partial charge in [0.2, 0.25) is 11.8 Å². The lowest BCUT2D eigenvalue weighted by Crippen LogP contribution is -2.51. The van der Waals surface area contributed by atoms with Crippen molar-refractivity contribution in [2.45, 2.75) is 92.4 Å². The molecule has 5 aromatic rings. The van der Waals surface area contributed by atoms with Crippen molar-refractivity contribution in [1.82, 2.24) is 55.1 Å². The number of carbonyl (C=O) groups is 12. The number of carboxylic acid groups (broad SMARTS) is 2. The lowest BCUT2D eigenvalue weighted by Gasteiger charge is -2.35. The third kappa shape index (κ3) is 41.6. The number of alkyl halides is 2. The number of likely N-dealkylation sites (tertiary alicyclic amines) is 2. The second-order valence-corrected chi connectivity index (χ2v) is 32.9. The van der Waals surface area contributed by atoms with E-state index in [-0.39, 0.29) is 126 Å². The van der Waals surface area contributed by atoms with Crippen molar-refractivity contribution in [3.05, 3.63) is 147 Å². The minimum absolute atomic E-state index is 0. The molecule has 7 aliphatic rings. The predicted octanol–water partition coefficient (Wildman–Crippen LogP) is 10.1. The number of methoxy groups -OCH3 is 2. The van der Waals surface area contributed by atoms with Crippen molar-refractivity contribution in [3.63, 3.8) is 0 Å². The molecule has 37 nitrogen and oxygen atoms in total. The first kappa shape index (κ1) is 119. The summed E-state index contributed by atoms with van der Waals surface area (Å²) in [6.07, 6.45) is 10.7. The number of carboxylic acids is 2. The van der Waals surface area contributed by atoms with Crippen LogP contribution in [-0.2, 0) is 42.7 Å². The topological polar surface area (TPSA) is 418 Å². The number of nitrogens with zero attached hydrogens (tertiary/aromatic N) is 8. The van der Waals surface area contributed by atoms with Gasteiger partial charge in [0.05, 0.1) is 80.2 Å². The van der Waals surface area contributed by atoms with Crippen molar-refractivity contribution in [1.29, 1.82) is 0 Å². The van der Waals surface area contributed by atoms with Crippen LogP contribution in [0.5, 0.6) is 28.7 Å². The Bertz CT molecular complexity index is 4240. The highest BCUT2D eigenvalue weighted by molar-refractivity contribution is 9.09. The monoisotopic (exact) mass is 2190 g/mol. The number of rotatable bonds is 37. The van der Waals surface area contributed by atoms with E-state index in [1.54, 1.807) is 74.2 Å². The molecule has 0 atom stereocenters. The van der Waals surface area contributed by atoms with Gasteiger partial charge in [-0.25, -0.2) is 19.2 Å². The summed E-state index contributed by atoms with van der Waals surface area (Å²) >= 11 is 6.37. The predicted molar refractivity (Wildman–Crippen MR) is 536 cm³/mol. The Labute approximate surface area is 846 Å². The molecule has 7 aliphatic heterocycles. The standard InChI is InChI=1S/C24H32Br2N4O6.C22H32N2O4.C20H30N4O4.C14H18O6.C12H14O6.C5H11N.2BrH/c1-2-35-11-12-36-20-14-18(23(33)29-7-3-27(4-8-29)21(31)16-25)13-19(15-20)24(34)30-9-5-28(6-10-30)22(32)17-26;1-2-27-13-14-28-20-16-18(21(25)23-9-5-3-6-10-23)15-19(17-20)22(26)24-11-7-4-8-12-24;1-2-27-11-12-28-18-14-16(19(25)23-7-3-21-4-8-23)13-17(15-18)20(26)24-9-5-22-6-10-24;1-4-19-5-6-20-12-8-10(13(15)17-2)7-11(9-12)14(16)18-3;1-2-17-3-4-18-10-6-8(11(13)14)5-9(7-10)12(15)16;1-2-4-6-5-3-1;;/h13-15H,2-12,16-17H2,1H3;15-17H,2-14H2,1H3;13-15,21-22H,2-12H2,1H3;7-9H,4-6H2,1-3H3;5-7H,2-4H2,1H3,(H,13,14)(H,15,16);6H,1-5H2;2*1H. The minimum atomic E-state index is -1.20. The van der Waals surface area contributed by atoms with Crippen LogP contribution in [0.15, 0.2) is 91.0 Å². The van der Waals surface area contributed by atoms with Gasteiger partial charge in [-0.05, 0) is 190 Å². The van der Waals surface area contributed by atoms with Crippen LogP contribution < -0.4 is 39.6 Å². The number of nitrogens with one attached hydrogen (secondary N) is 3. The highest BCUT2D eigenvalue weighted by atomic mass is 79.9. The fraction of sp³-hybridized carbons (Fsp3) is 0.567. The fourth-order valence-corrected chi connectivity index (χ4v) is 15.7. The highest BCUT2D eigenvalue weighted by Gasteiger charge is 2.32. The number of hydrogen-bond acceptors (Lipinski definition) is 27. The first-order valence-electron chi connectivity index (χ1n) is 46.9. The highest BCUT2D eigenvalue weighted by Crippen LogP contribution is 2.28. The maximum atomic E-state index is 13.3. The quantitative estimate of drug-likeness (QED) is 0.0140. The molecule has 0 saturated carbocycles. The van der Waals surface area contributed by atoms with E-state index in [4.69, 9.17) is 57.6 Å². The molecule has 7 saturated heterocycles. The lowest BCUT2D eigenvalue weighted by molar-refractivity contribution is -0.130. The molecular weight excluding hydrogens is 2050 g/mol. The summed E-state index contributed by atoms with van der Waals surface area (Å²) in [6.45, 7) is 31.1. The number of halogens is 4. The summed E-state index contributed by atoms with van der Waals surface area (Å²) in [7, 11) is 2.53. The van der Waals surface area contributed by atoms with Gasteiger partial charge in [-0.1, -0.05) is 38.3 Å². The molecule has 5 aromatic carbocycles. The molecule has 41 heteroatoms. The smallest absolute Gasteiger partial charge is 0.338 e. The zero-order chi connectivity index (χ0) is 98.4. The lowest BCUT2D eigenvalue weighted by atomic mass is 10.0. The zero-order valence-corrected chi connectivity index (χ0v) is 87.0. The van der Waals surface area contributed by atoms with Crippen molar-refractivity contribution in [3.8, 4) is 28.7 Å². The molecule has 0 aromatic heterocycles. The Morgan fingerprint density at radius 3 is 0.681 bits per heavy atom. The van der Waals surface area contributed by atoms with E-state index in [2.05, 4.69) is 57.3 Å².